The van der Waals surface area contributed by atoms with Gasteiger partial charge >= 0.3 is 0 Å². The second-order valence-corrected chi connectivity index (χ2v) is 6.35. The minimum absolute atomic E-state index is 0.186. The molecule has 0 radical (unpaired) electrons. The summed E-state index contributed by atoms with van der Waals surface area (Å²) in [6, 6.07) is 9.46. The van der Waals surface area contributed by atoms with Gasteiger partial charge in [0.05, 0.1) is 25.7 Å². The van der Waals surface area contributed by atoms with E-state index in [0.717, 1.165) is 5.56 Å². The summed E-state index contributed by atoms with van der Waals surface area (Å²) in [5.74, 6) is 1.10. The number of methoxy groups -OCH3 is 3. The van der Waals surface area contributed by atoms with E-state index in [4.69, 9.17) is 18.9 Å². The molecule has 2 aromatic rings. The van der Waals surface area contributed by atoms with Gasteiger partial charge in [-0.2, -0.15) is 0 Å². The van der Waals surface area contributed by atoms with Crippen molar-refractivity contribution in [1.82, 2.24) is 5.32 Å². The molecule has 2 rings (SSSR count). The second kappa shape index (κ2) is 11.2. The van der Waals surface area contributed by atoms with Crippen LogP contribution in [0, 0.1) is 0 Å². The van der Waals surface area contributed by atoms with Gasteiger partial charge in [0.25, 0.3) is 11.9 Å². The molecule has 0 unspecified atom stereocenters. The van der Waals surface area contributed by atoms with Gasteiger partial charge in [-0.25, -0.2) is 4.99 Å². The number of ether oxygens (including phenoxy) is 4. The molecular weight excluding hydrogens is 368 g/mol. The molecule has 7 nitrogen and oxygen atoms in total. The van der Waals surface area contributed by atoms with Crippen LogP contribution in [0.1, 0.15) is 15.2 Å². The number of nitrogens with zero attached hydrogens (tertiary/aromatic N) is 1. The predicted octanol–water partition coefficient (Wildman–Crippen LogP) is 2.76. The maximum Gasteiger partial charge on any atom is 0.291 e. The lowest BCUT2D eigenvalue weighted by Crippen LogP contribution is -2.33. The predicted molar refractivity (Wildman–Crippen MR) is 105 cm³/mol. The molecule has 27 heavy (non-hydrogen) atoms. The number of hydrogen-bond acceptors (Lipinski definition) is 7. The molecule has 0 saturated heterocycles. The maximum absolute atomic E-state index is 12.2. The fourth-order valence-electron chi connectivity index (χ4n) is 2.23. The van der Waals surface area contributed by atoms with Crippen LogP contribution < -0.4 is 14.8 Å². The van der Waals surface area contributed by atoms with E-state index in [1.54, 1.807) is 27.4 Å². The number of amides is 1. The molecule has 1 amide bonds. The van der Waals surface area contributed by atoms with Crippen LogP contribution in [0.5, 0.6) is 11.5 Å². The van der Waals surface area contributed by atoms with Crippen LogP contribution >= 0.6 is 11.3 Å². The smallest absolute Gasteiger partial charge is 0.291 e. The summed E-state index contributed by atoms with van der Waals surface area (Å²) in [6.45, 7) is 1.16. The zero-order valence-corrected chi connectivity index (χ0v) is 16.5. The van der Waals surface area contributed by atoms with E-state index in [1.807, 2.05) is 29.6 Å². The third-order valence-electron chi connectivity index (χ3n) is 3.60. The van der Waals surface area contributed by atoms with Crippen molar-refractivity contribution < 1.29 is 23.7 Å². The van der Waals surface area contributed by atoms with Crippen LogP contribution in [0.25, 0.3) is 0 Å². The van der Waals surface area contributed by atoms with Crippen molar-refractivity contribution in [2.45, 2.75) is 6.42 Å². The summed E-state index contributed by atoms with van der Waals surface area (Å²) < 4.78 is 21.0. The summed E-state index contributed by atoms with van der Waals surface area (Å²) in [7, 11) is 4.78. The second-order valence-electron chi connectivity index (χ2n) is 5.40. The molecule has 146 valence electrons. The molecule has 1 N–H and O–H groups in total. The highest BCUT2D eigenvalue weighted by Gasteiger charge is 2.11. The van der Waals surface area contributed by atoms with Crippen molar-refractivity contribution in [3.63, 3.8) is 0 Å². The molecule has 0 bridgehead atoms. The first kappa shape index (κ1) is 20.7. The van der Waals surface area contributed by atoms with E-state index in [2.05, 4.69) is 10.3 Å². The summed E-state index contributed by atoms with van der Waals surface area (Å²) in [5.41, 5.74) is 1.04. The van der Waals surface area contributed by atoms with Crippen LogP contribution in [0.4, 0.5) is 0 Å². The number of carbonyl (C=O) groups excluding carboxylic acids is 1. The van der Waals surface area contributed by atoms with Gasteiger partial charge in [0, 0.05) is 13.7 Å². The summed E-state index contributed by atoms with van der Waals surface area (Å²) in [6.07, 6.45) is 0.659. The fourth-order valence-corrected chi connectivity index (χ4v) is 2.85. The van der Waals surface area contributed by atoms with E-state index >= 15 is 0 Å². The first-order chi connectivity index (χ1) is 13.2. The number of rotatable bonds is 9. The van der Waals surface area contributed by atoms with Gasteiger partial charge in [0.15, 0.2) is 11.5 Å². The topological polar surface area (TPSA) is 78.4 Å². The Labute approximate surface area is 162 Å². The average molecular weight is 392 g/mol. The molecule has 0 aliphatic rings. The van der Waals surface area contributed by atoms with Crippen molar-refractivity contribution in [3.8, 4) is 11.5 Å². The quantitative estimate of drug-likeness (QED) is 0.403. The Morgan fingerprint density at radius 3 is 2.59 bits per heavy atom. The molecule has 0 spiro atoms. The Morgan fingerprint density at radius 1 is 1.11 bits per heavy atom. The molecule has 1 heterocycles. The van der Waals surface area contributed by atoms with Crippen molar-refractivity contribution in [2.24, 2.45) is 4.99 Å². The van der Waals surface area contributed by atoms with E-state index in [-0.39, 0.29) is 11.9 Å². The lowest BCUT2D eigenvalue weighted by atomic mass is 10.1. The Kier molecular flexibility index (Phi) is 8.60. The zero-order chi connectivity index (χ0) is 19.5. The Morgan fingerprint density at radius 2 is 1.93 bits per heavy atom. The van der Waals surface area contributed by atoms with Crippen LogP contribution in [-0.2, 0) is 15.9 Å². The average Bonchev–Trinajstić information content (AvgIpc) is 3.22. The van der Waals surface area contributed by atoms with Crippen molar-refractivity contribution in [3.05, 3.63) is 46.2 Å². The zero-order valence-electron chi connectivity index (χ0n) is 15.7. The minimum Gasteiger partial charge on any atom is -0.493 e. The normalized spacial score (nSPS) is 11.1. The van der Waals surface area contributed by atoms with Gasteiger partial charge in [-0.05, 0) is 35.6 Å². The highest BCUT2D eigenvalue weighted by atomic mass is 32.1. The first-order valence-corrected chi connectivity index (χ1v) is 9.27. The monoisotopic (exact) mass is 392 g/mol. The van der Waals surface area contributed by atoms with Crippen molar-refractivity contribution >= 4 is 23.3 Å². The number of carbonyl (C=O) groups is 1. The summed E-state index contributed by atoms with van der Waals surface area (Å²) in [5, 5.41) is 4.55. The number of nitrogens with one attached hydrogen (secondary N) is 1. The van der Waals surface area contributed by atoms with Crippen LogP contribution in [-0.4, -0.2) is 53.0 Å². The van der Waals surface area contributed by atoms with E-state index in [9.17, 15) is 4.79 Å². The molecule has 0 fully saturated rings. The lowest BCUT2D eigenvalue weighted by Gasteiger charge is -2.11. The number of hydrogen-bond donors (Lipinski definition) is 1. The SMILES string of the molecule is COCCOC(=NCCc1ccc(OC)c(OC)c1)NC(=O)c1cccs1. The van der Waals surface area contributed by atoms with Gasteiger partial charge in [-0.3, -0.25) is 10.1 Å². The van der Waals surface area contributed by atoms with Gasteiger partial charge in [-0.1, -0.05) is 12.1 Å². The summed E-state index contributed by atoms with van der Waals surface area (Å²) >= 11 is 1.36. The maximum atomic E-state index is 12.2. The molecule has 0 atom stereocenters. The molecule has 0 saturated carbocycles. The number of aliphatic imine (C=N–C) groups is 1. The lowest BCUT2D eigenvalue weighted by molar-refractivity contribution is 0.0958. The van der Waals surface area contributed by atoms with Crippen molar-refractivity contribution in [2.75, 3.05) is 41.1 Å². The molecule has 0 aliphatic heterocycles. The summed E-state index contributed by atoms with van der Waals surface area (Å²) in [4.78, 5) is 17.2. The Bertz CT molecular complexity index is 747. The van der Waals surface area contributed by atoms with E-state index < -0.39 is 0 Å². The Hall–Kier alpha value is -2.58. The molecule has 0 aliphatic carbocycles. The van der Waals surface area contributed by atoms with E-state index in [1.165, 1.54) is 11.3 Å². The standard InChI is InChI=1S/C19H24N2O5S/c1-23-10-11-26-19(21-18(22)17-5-4-12-27-17)20-9-8-14-6-7-15(24-2)16(13-14)25-3/h4-7,12-13H,8-11H2,1-3H3,(H,20,21,22). The van der Waals surface area contributed by atoms with Crippen LogP contribution in [0.3, 0.4) is 0 Å². The Balaban J connectivity index is 1.99. The molecule has 8 heteroatoms. The van der Waals surface area contributed by atoms with E-state index in [0.29, 0.717) is 42.6 Å². The third kappa shape index (κ3) is 6.58. The van der Waals surface area contributed by atoms with Crippen LogP contribution in [0.2, 0.25) is 0 Å². The fraction of sp³-hybridized carbons (Fsp3) is 0.368. The number of benzene rings is 1. The van der Waals surface area contributed by atoms with Crippen molar-refractivity contribution in [1.29, 1.82) is 0 Å². The highest BCUT2D eigenvalue weighted by Crippen LogP contribution is 2.27. The molecule has 1 aromatic carbocycles. The number of thiophene rings is 1. The largest absolute Gasteiger partial charge is 0.493 e. The number of amidine groups is 1. The third-order valence-corrected chi connectivity index (χ3v) is 4.46. The highest BCUT2D eigenvalue weighted by molar-refractivity contribution is 7.12. The molecule has 1 aromatic heterocycles. The van der Waals surface area contributed by atoms with Gasteiger partial charge in [-0.15, -0.1) is 11.3 Å². The minimum atomic E-state index is -0.243. The first-order valence-electron chi connectivity index (χ1n) is 8.40. The van der Waals surface area contributed by atoms with Gasteiger partial charge in [0.2, 0.25) is 0 Å². The van der Waals surface area contributed by atoms with Gasteiger partial charge in [0.1, 0.15) is 6.61 Å². The van der Waals surface area contributed by atoms with Crippen LogP contribution in [0.15, 0.2) is 40.7 Å². The van der Waals surface area contributed by atoms with Gasteiger partial charge < -0.3 is 18.9 Å². The molecular formula is C19H24N2O5S.